The zero-order valence-electron chi connectivity index (χ0n) is 24.1. The first-order valence-corrected chi connectivity index (χ1v) is 15.0. The number of benzene rings is 5. The average Bonchev–Trinajstić information content (AvgIpc) is 3.56. The van der Waals surface area contributed by atoms with Gasteiger partial charge in [0.2, 0.25) is 0 Å². The number of hydrogen-bond acceptors (Lipinski definition) is 5. The van der Waals surface area contributed by atoms with E-state index in [0.717, 1.165) is 44.8 Å². The van der Waals surface area contributed by atoms with Gasteiger partial charge in [0.05, 0.1) is 22.4 Å². The molecule has 7 nitrogen and oxygen atoms in total. The number of carbonyl (C=O) groups is 1. The van der Waals surface area contributed by atoms with Crippen LogP contribution >= 0.6 is 11.6 Å². The fourth-order valence-electron chi connectivity index (χ4n) is 5.43. The first-order valence-electron chi connectivity index (χ1n) is 14.6. The fraction of sp³-hybridized carbons (Fsp3) is 0.0811. The molecule has 7 rings (SSSR count). The van der Waals surface area contributed by atoms with E-state index in [-0.39, 0.29) is 5.91 Å². The Balaban J connectivity index is 1.13. The maximum Gasteiger partial charge on any atom is 0.255 e. The normalized spacial score (nSPS) is 15.8. The van der Waals surface area contributed by atoms with Gasteiger partial charge in [0.15, 0.2) is 12.2 Å². The van der Waals surface area contributed by atoms with Crippen molar-refractivity contribution in [3.8, 4) is 11.5 Å². The number of aromatic amines is 1. The van der Waals surface area contributed by atoms with Crippen molar-refractivity contribution < 1.29 is 14.3 Å². The van der Waals surface area contributed by atoms with Gasteiger partial charge >= 0.3 is 0 Å². The van der Waals surface area contributed by atoms with Crippen molar-refractivity contribution in [2.24, 2.45) is 0 Å². The maximum absolute atomic E-state index is 13.0. The zero-order valence-corrected chi connectivity index (χ0v) is 24.9. The summed E-state index contributed by atoms with van der Waals surface area (Å²) < 4.78 is 13.0. The van der Waals surface area contributed by atoms with Gasteiger partial charge in [-0.05, 0) is 60.2 Å². The minimum absolute atomic E-state index is 0.191. The topological polar surface area (TPSA) is 88.3 Å². The molecule has 1 aliphatic rings. The Hall–Kier alpha value is -5.53. The summed E-state index contributed by atoms with van der Waals surface area (Å²) >= 11 is 7.18. The highest BCUT2D eigenvalue weighted by atomic mass is 35.5. The summed E-state index contributed by atoms with van der Waals surface area (Å²) in [4.78, 5) is 13.0. The Morgan fingerprint density at radius 2 is 1.38 bits per heavy atom. The van der Waals surface area contributed by atoms with Crippen molar-refractivity contribution in [3.63, 3.8) is 0 Å². The molecule has 0 spiro atoms. The number of halogens is 1. The van der Waals surface area contributed by atoms with Crippen LogP contribution in [0.15, 0.2) is 144 Å². The van der Waals surface area contributed by atoms with Crippen LogP contribution in [-0.2, 0) is 6.54 Å². The smallest absolute Gasteiger partial charge is 0.255 e. The molecule has 1 heterocycles. The minimum Gasteiger partial charge on any atom is -0.480 e. The Labute approximate surface area is 265 Å². The van der Waals surface area contributed by atoms with Crippen molar-refractivity contribution >= 4 is 34.1 Å². The van der Waals surface area contributed by atoms with Crippen LogP contribution in [0.4, 0.5) is 5.69 Å². The van der Waals surface area contributed by atoms with Gasteiger partial charge in [-0.3, -0.25) is 9.89 Å². The predicted molar refractivity (Wildman–Crippen MR) is 176 cm³/mol. The van der Waals surface area contributed by atoms with Gasteiger partial charge in [-0.1, -0.05) is 84.4 Å². The summed E-state index contributed by atoms with van der Waals surface area (Å²) in [5.41, 5.74) is 5.77. The highest BCUT2D eigenvalue weighted by Crippen LogP contribution is 2.45. The second-order valence-corrected chi connectivity index (χ2v) is 11.1. The van der Waals surface area contributed by atoms with E-state index in [2.05, 4.69) is 20.8 Å². The molecule has 2 unspecified atom stereocenters. The molecule has 3 N–H and O–H groups in total. The number of aromatic nitrogens is 2. The van der Waals surface area contributed by atoms with Gasteiger partial charge in [0.1, 0.15) is 11.5 Å². The summed E-state index contributed by atoms with van der Waals surface area (Å²) in [6.07, 6.45) is 0.727. The summed E-state index contributed by atoms with van der Waals surface area (Å²) in [5.74, 6) is 1.26. The van der Waals surface area contributed by atoms with Crippen LogP contribution in [0.2, 0.25) is 0 Å². The molecular formula is C37H29ClN4O3. The molecule has 0 aliphatic heterocycles. The Morgan fingerprint density at radius 3 is 2.07 bits per heavy atom. The second-order valence-electron chi connectivity index (χ2n) is 10.7. The van der Waals surface area contributed by atoms with Crippen molar-refractivity contribution in [3.05, 3.63) is 167 Å². The van der Waals surface area contributed by atoms with Gasteiger partial charge in [-0.2, -0.15) is 5.10 Å². The third-order valence-electron chi connectivity index (χ3n) is 7.70. The molecule has 0 fully saturated rings. The molecule has 0 saturated heterocycles. The molecule has 0 saturated carbocycles. The molecule has 0 radical (unpaired) electrons. The Morgan fingerprint density at radius 1 is 0.756 bits per heavy atom. The summed E-state index contributed by atoms with van der Waals surface area (Å²) in [6.45, 7) is 0.458. The standard InChI is InChI=1S/C37H29ClN4O3/c38-33-34(39-22-24-15-17-25(18-16-24)37(43)41-27-19-20-32-26(21-27)23-40-42-32)36(45-29-11-5-2-6-12-29)31-14-8-7-13-30(31)35(33)44-28-9-3-1-4-10-28/h1-21,23,35-36,39H,22H2,(H,40,42)(H,41,43). The summed E-state index contributed by atoms with van der Waals surface area (Å²) in [7, 11) is 0. The number of fused-ring (bicyclic) bond motifs is 2. The predicted octanol–water partition coefficient (Wildman–Crippen LogP) is 8.31. The molecule has 2 atom stereocenters. The third-order valence-corrected chi connectivity index (χ3v) is 8.10. The van der Waals surface area contributed by atoms with Crippen LogP contribution in [-0.4, -0.2) is 16.1 Å². The van der Waals surface area contributed by atoms with E-state index < -0.39 is 12.2 Å². The van der Waals surface area contributed by atoms with Gasteiger partial charge in [-0.15, -0.1) is 0 Å². The van der Waals surface area contributed by atoms with E-state index in [1.807, 2.05) is 127 Å². The Bertz CT molecular complexity index is 1970. The van der Waals surface area contributed by atoms with Crippen LogP contribution in [0.1, 0.15) is 39.3 Å². The first-order chi connectivity index (χ1) is 22.1. The molecule has 6 aromatic rings. The number of nitrogens with one attached hydrogen (secondary N) is 3. The van der Waals surface area contributed by atoms with Crippen molar-refractivity contribution in [1.29, 1.82) is 0 Å². The minimum atomic E-state index is -0.518. The quantitative estimate of drug-likeness (QED) is 0.153. The molecule has 1 aliphatic carbocycles. The lowest BCUT2D eigenvalue weighted by atomic mass is 9.89. The Kier molecular flexibility index (Phi) is 7.91. The largest absolute Gasteiger partial charge is 0.480 e. The number of rotatable bonds is 9. The fourth-order valence-corrected chi connectivity index (χ4v) is 5.75. The number of nitrogens with zero attached hydrogens (tertiary/aromatic N) is 1. The monoisotopic (exact) mass is 612 g/mol. The van der Waals surface area contributed by atoms with Crippen LogP contribution in [0.25, 0.3) is 10.9 Å². The van der Waals surface area contributed by atoms with Gasteiger partial charge < -0.3 is 20.1 Å². The number of anilines is 1. The van der Waals surface area contributed by atoms with Crippen molar-refractivity contribution in [2.45, 2.75) is 18.8 Å². The number of H-pyrrole nitrogens is 1. The third kappa shape index (κ3) is 6.12. The first kappa shape index (κ1) is 28.3. The molecule has 45 heavy (non-hydrogen) atoms. The maximum atomic E-state index is 13.0. The van der Waals surface area contributed by atoms with E-state index in [1.54, 1.807) is 6.20 Å². The van der Waals surface area contributed by atoms with E-state index in [9.17, 15) is 4.79 Å². The highest BCUT2D eigenvalue weighted by molar-refractivity contribution is 6.30. The highest BCUT2D eigenvalue weighted by Gasteiger charge is 2.36. The number of para-hydroxylation sites is 2. The molecule has 5 aromatic carbocycles. The molecule has 1 aromatic heterocycles. The molecule has 8 heteroatoms. The summed E-state index contributed by atoms with van der Waals surface area (Å²) in [6, 6.07) is 40.5. The van der Waals surface area contributed by atoms with E-state index in [0.29, 0.717) is 22.8 Å². The zero-order chi connectivity index (χ0) is 30.6. The van der Waals surface area contributed by atoms with E-state index in [1.165, 1.54) is 0 Å². The van der Waals surface area contributed by atoms with Crippen molar-refractivity contribution in [1.82, 2.24) is 15.5 Å². The lowest BCUT2D eigenvalue weighted by Gasteiger charge is -2.34. The van der Waals surface area contributed by atoms with Gasteiger partial charge in [0.25, 0.3) is 5.91 Å². The SMILES string of the molecule is O=C(Nc1ccc2[nH]ncc2c1)c1ccc(CNC2=C(Cl)C(Oc3ccccc3)c3ccccc3C2Oc2ccccc2)cc1. The van der Waals surface area contributed by atoms with E-state index >= 15 is 0 Å². The molecule has 222 valence electrons. The molecule has 0 bridgehead atoms. The number of carbonyl (C=O) groups excluding carboxylic acids is 1. The van der Waals surface area contributed by atoms with Crippen LogP contribution in [0.3, 0.4) is 0 Å². The van der Waals surface area contributed by atoms with Crippen LogP contribution in [0, 0.1) is 0 Å². The number of amides is 1. The van der Waals surface area contributed by atoms with E-state index in [4.69, 9.17) is 21.1 Å². The number of hydrogen-bond donors (Lipinski definition) is 3. The molecular weight excluding hydrogens is 584 g/mol. The van der Waals surface area contributed by atoms with Crippen LogP contribution < -0.4 is 20.1 Å². The molecule has 1 amide bonds. The summed E-state index contributed by atoms with van der Waals surface area (Å²) in [5, 5.41) is 14.9. The van der Waals surface area contributed by atoms with Gasteiger partial charge in [0, 0.05) is 34.3 Å². The lowest BCUT2D eigenvalue weighted by Crippen LogP contribution is -2.31. The average molecular weight is 613 g/mol. The second kappa shape index (κ2) is 12.6. The lowest BCUT2D eigenvalue weighted by molar-refractivity contribution is 0.102. The number of ether oxygens (including phenoxy) is 2. The van der Waals surface area contributed by atoms with Gasteiger partial charge in [-0.25, -0.2) is 0 Å². The van der Waals surface area contributed by atoms with Crippen molar-refractivity contribution in [2.75, 3.05) is 5.32 Å². The van der Waals surface area contributed by atoms with Crippen LogP contribution in [0.5, 0.6) is 11.5 Å².